The number of nitro groups is 1. The molecule has 0 bridgehead atoms. The van der Waals surface area contributed by atoms with E-state index in [1.807, 2.05) is 0 Å². The molecule has 0 N–H and O–H groups in total. The van der Waals surface area contributed by atoms with Gasteiger partial charge >= 0.3 is 11.7 Å². The Hall–Kier alpha value is -3.36. The van der Waals surface area contributed by atoms with Crippen molar-refractivity contribution in [1.82, 2.24) is 0 Å². The van der Waals surface area contributed by atoms with Gasteiger partial charge in [0.2, 0.25) is 0 Å². The van der Waals surface area contributed by atoms with Crippen LogP contribution in [0.25, 0.3) is 0 Å². The molecule has 9 heteroatoms. The van der Waals surface area contributed by atoms with E-state index in [1.54, 1.807) is 6.92 Å². The van der Waals surface area contributed by atoms with Crippen LogP contribution in [0.2, 0.25) is 0 Å². The number of ether oxygens (including phenoxy) is 2. The van der Waals surface area contributed by atoms with E-state index in [0.29, 0.717) is 6.07 Å². The number of halogens is 2. The normalized spacial score (nSPS) is 10.3. The predicted octanol–water partition coefficient (Wildman–Crippen LogP) is 3.31. The minimum atomic E-state index is -1.20. The van der Waals surface area contributed by atoms with Gasteiger partial charge in [0.1, 0.15) is 0 Å². The number of carbonyl (C=O) groups excluding carboxylic acids is 2. The lowest BCUT2D eigenvalue weighted by Gasteiger charge is -2.07. The SMILES string of the molecule is CCOc1ccc(C(=O)OCC(=O)c2ccc(F)c(F)c2)cc1[N+](=O)[O-]. The lowest BCUT2D eigenvalue weighted by Crippen LogP contribution is -2.15. The lowest BCUT2D eigenvalue weighted by atomic mass is 10.1. The molecule has 0 atom stereocenters. The van der Waals surface area contributed by atoms with Gasteiger partial charge in [-0.15, -0.1) is 0 Å². The standard InChI is InChI=1S/C17H13F2NO6/c1-2-25-16-6-4-11(8-14(16)20(23)24)17(22)26-9-15(21)10-3-5-12(18)13(19)7-10/h3-8H,2,9H2,1H3. The molecular weight excluding hydrogens is 352 g/mol. The van der Waals surface area contributed by atoms with Gasteiger partial charge in [0.25, 0.3) is 0 Å². The molecule has 2 rings (SSSR count). The molecule has 2 aromatic rings. The van der Waals surface area contributed by atoms with Crippen molar-refractivity contribution in [2.24, 2.45) is 0 Å². The third-order valence-electron chi connectivity index (χ3n) is 3.27. The van der Waals surface area contributed by atoms with Gasteiger partial charge in [-0.1, -0.05) is 0 Å². The first kappa shape index (κ1) is 19.0. The van der Waals surface area contributed by atoms with E-state index in [0.717, 1.165) is 18.2 Å². The van der Waals surface area contributed by atoms with Gasteiger partial charge in [-0.2, -0.15) is 0 Å². The topological polar surface area (TPSA) is 95.7 Å². The molecule has 0 saturated heterocycles. The fourth-order valence-corrected chi connectivity index (χ4v) is 2.03. The second-order valence-corrected chi connectivity index (χ2v) is 5.00. The van der Waals surface area contributed by atoms with Crippen LogP contribution in [0, 0.1) is 21.7 Å². The number of nitrogens with zero attached hydrogens (tertiary/aromatic N) is 1. The van der Waals surface area contributed by atoms with Crippen LogP contribution >= 0.6 is 0 Å². The Kier molecular flexibility index (Phi) is 5.94. The van der Waals surface area contributed by atoms with E-state index >= 15 is 0 Å². The van der Waals surface area contributed by atoms with Crippen LogP contribution in [0.15, 0.2) is 36.4 Å². The number of carbonyl (C=O) groups is 2. The molecule has 0 spiro atoms. The van der Waals surface area contributed by atoms with Crippen molar-refractivity contribution in [3.63, 3.8) is 0 Å². The van der Waals surface area contributed by atoms with E-state index in [-0.39, 0.29) is 23.5 Å². The highest BCUT2D eigenvalue weighted by molar-refractivity contribution is 5.99. The van der Waals surface area contributed by atoms with Crippen LogP contribution in [0.5, 0.6) is 5.75 Å². The second-order valence-electron chi connectivity index (χ2n) is 5.00. The molecule has 0 saturated carbocycles. The quantitative estimate of drug-likeness (QED) is 0.323. The van der Waals surface area contributed by atoms with Crippen molar-refractivity contribution in [2.75, 3.05) is 13.2 Å². The monoisotopic (exact) mass is 365 g/mol. The molecule has 0 unspecified atom stereocenters. The van der Waals surface area contributed by atoms with Crippen LogP contribution < -0.4 is 4.74 Å². The summed E-state index contributed by atoms with van der Waals surface area (Å²) in [5.74, 6) is -4.05. The van der Waals surface area contributed by atoms with Gasteiger partial charge in [0, 0.05) is 11.6 Å². The molecule has 7 nitrogen and oxygen atoms in total. The number of hydrogen-bond acceptors (Lipinski definition) is 6. The highest BCUT2D eigenvalue weighted by Gasteiger charge is 2.20. The zero-order valence-electron chi connectivity index (χ0n) is 13.5. The van der Waals surface area contributed by atoms with Gasteiger partial charge in [-0.05, 0) is 37.3 Å². The molecule has 0 aromatic heterocycles. The Morgan fingerprint density at radius 1 is 1.08 bits per heavy atom. The maximum atomic E-state index is 13.1. The summed E-state index contributed by atoms with van der Waals surface area (Å²) >= 11 is 0. The maximum absolute atomic E-state index is 13.1. The minimum absolute atomic E-state index is 0.00749. The molecule has 0 aliphatic carbocycles. The van der Waals surface area contributed by atoms with Crippen molar-refractivity contribution in [2.45, 2.75) is 6.92 Å². The minimum Gasteiger partial charge on any atom is -0.487 e. The fourth-order valence-electron chi connectivity index (χ4n) is 2.03. The molecule has 0 aliphatic heterocycles. The Morgan fingerprint density at radius 2 is 1.77 bits per heavy atom. The molecule has 2 aromatic carbocycles. The third-order valence-corrected chi connectivity index (χ3v) is 3.27. The highest BCUT2D eigenvalue weighted by Crippen LogP contribution is 2.28. The lowest BCUT2D eigenvalue weighted by molar-refractivity contribution is -0.385. The van der Waals surface area contributed by atoms with Crippen molar-refractivity contribution >= 4 is 17.4 Å². The molecule has 0 aliphatic rings. The number of rotatable bonds is 7. The van der Waals surface area contributed by atoms with Crippen molar-refractivity contribution in [1.29, 1.82) is 0 Å². The van der Waals surface area contributed by atoms with Crippen LogP contribution in [0.1, 0.15) is 27.6 Å². The summed E-state index contributed by atoms with van der Waals surface area (Å²) in [4.78, 5) is 34.2. The summed E-state index contributed by atoms with van der Waals surface area (Å²) in [6.07, 6.45) is 0. The van der Waals surface area contributed by atoms with Gasteiger partial charge in [-0.25, -0.2) is 13.6 Å². The first-order chi connectivity index (χ1) is 12.3. The molecule has 0 heterocycles. The van der Waals surface area contributed by atoms with Crippen molar-refractivity contribution in [3.8, 4) is 5.75 Å². The smallest absolute Gasteiger partial charge is 0.338 e. The largest absolute Gasteiger partial charge is 0.487 e. The number of ketones is 1. The number of nitro benzene ring substituents is 1. The summed E-state index contributed by atoms with van der Waals surface area (Å²) in [7, 11) is 0. The summed E-state index contributed by atoms with van der Waals surface area (Å²) < 4.78 is 35.8. The molecular formula is C17H13F2NO6. The molecule has 0 fully saturated rings. The summed E-state index contributed by atoms with van der Waals surface area (Å²) in [5.41, 5.74) is -0.749. The van der Waals surface area contributed by atoms with Crippen molar-refractivity contribution < 1.29 is 32.8 Å². The van der Waals surface area contributed by atoms with E-state index in [9.17, 15) is 28.5 Å². The predicted molar refractivity (Wildman–Crippen MR) is 85.2 cm³/mol. The van der Waals surface area contributed by atoms with Crippen LogP contribution in [-0.4, -0.2) is 29.9 Å². The first-order valence-corrected chi connectivity index (χ1v) is 7.40. The number of esters is 1. The highest BCUT2D eigenvalue weighted by atomic mass is 19.2. The van der Waals surface area contributed by atoms with Crippen LogP contribution in [0.3, 0.4) is 0 Å². The molecule has 136 valence electrons. The van der Waals surface area contributed by atoms with Crippen molar-refractivity contribution in [3.05, 3.63) is 69.3 Å². The van der Waals surface area contributed by atoms with E-state index in [4.69, 9.17) is 9.47 Å². The average molecular weight is 365 g/mol. The number of benzene rings is 2. The summed E-state index contributed by atoms with van der Waals surface area (Å²) in [6, 6.07) is 5.98. The fraction of sp³-hybridized carbons (Fsp3) is 0.176. The molecule has 26 heavy (non-hydrogen) atoms. The molecule has 0 radical (unpaired) electrons. The summed E-state index contributed by atoms with van der Waals surface area (Å²) in [5, 5.41) is 11.0. The van der Waals surface area contributed by atoms with Gasteiger partial charge < -0.3 is 9.47 Å². The Bertz CT molecular complexity index is 868. The van der Waals surface area contributed by atoms with E-state index in [2.05, 4.69) is 0 Å². The average Bonchev–Trinajstić information content (AvgIpc) is 2.62. The number of hydrogen-bond donors (Lipinski definition) is 0. The van der Waals surface area contributed by atoms with E-state index in [1.165, 1.54) is 12.1 Å². The first-order valence-electron chi connectivity index (χ1n) is 7.40. The second kappa shape index (κ2) is 8.15. The van der Waals surface area contributed by atoms with Gasteiger partial charge in [-0.3, -0.25) is 14.9 Å². The van der Waals surface area contributed by atoms with Gasteiger partial charge in [0.15, 0.2) is 29.8 Å². The van der Waals surface area contributed by atoms with Crippen LogP contribution in [-0.2, 0) is 4.74 Å². The summed E-state index contributed by atoms with van der Waals surface area (Å²) in [6.45, 7) is 1.12. The number of Topliss-reactive ketones (excluding diaryl/α,β-unsaturated/α-hetero) is 1. The Morgan fingerprint density at radius 3 is 2.38 bits per heavy atom. The molecule has 0 amide bonds. The van der Waals surface area contributed by atoms with Gasteiger partial charge in [0.05, 0.1) is 17.1 Å². The van der Waals surface area contributed by atoms with E-state index < -0.39 is 40.6 Å². The third kappa shape index (κ3) is 4.38. The zero-order valence-corrected chi connectivity index (χ0v) is 13.5. The Balaban J connectivity index is 2.09. The van der Waals surface area contributed by atoms with Crippen LogP contribution in [0.4, 0.5) is 14.5 Å². The maximum Gasteiger partial charge on any atom is 0.338 e. The zero-order chi connectivity index (χ0) is 19.3. The Labute approximate surface area is 146 Å².